The lowest BCUT2D eigenvalue weighted by Crippen LogP contribution is -2.19. The largest absolute Gasteiger partial charge is 0.412 e. The first kappa shape index (κ1) is 10.1. The van der Waals surface area contributed by atoms with Crippen molar-refractivity contribution in [3.05, 3.63) is 42.1 Å². The van der Waals surface area contributed by atoms with Gasteiger partial charge in [0.25, 0.3) is 0 Å². The molecule has 1 aromatic carbocycles. The van der Waals surface area contributed by atoms with Crippen molar-refractivity contribution >= 4 is 23.0 Å². The Hall–Kier alpha value is -2.43. The molecule has 0 aliphatic heterocycles. The summed E-state index contributed by atoms with van der Waals surface area (Å²) in [6, 6.07) is 10.5. The van der Waals surface area contributed by atoms with Crippen LogP contribution in [0.15, 0.2) is 36.4 Å². The summed E-state index contributed by atoms with van der Waals surface area (Å²) < 4.78 is 4.22. The van der Waals surface area contributed by atoms with Crippen molar-refractivity contribution in [2.45, 2.75) is 0 Å². The quantitative estimate of drug-likeness (QED) is 0.578. The van der Waals surface area contributed by atoms with E-state index in [0.29, 0.717) is 5.52 Å². The first-order valence-electron chi connectivity index (χ1n) is 4.54. The average molecular weight is 216 g/mol. The van der Waals surface area contributed by atoms with Crippen LogP contribution in [0.4, 0.5) is 4.79 Å². The summed E-state index contributed by atoms with van der Waals surface area (Å²) in [6.45, 7) is 0. The lowest BCUT2D eigenvalue weighted by Gasteiger charge is -2.00. The first-order valence-corrected chi connectivity index (χ1v) is 4.54. The topological polar surface area (TPSA) is 82.3 Å². The van der Waals surface area contributed by atoms with Crippen molar-refractivity contribution in [1.29, 1.82) is 0 Å². The highest BCUT2D eigenvalue weighted by molar-refractivity contribution is 5.96. The van der Waals surface area contributed by atoms with Gasteiger partial charge in [0.2, 0.25) is 0 Å². The summed E-state index contributed by atoms with van der Waals surface area (Å²) in [5.74, 6) is -0.849. The molecule has 0 aliphatic rings. The Bertz CT molecular complexity index is 566. The number of para-hydroxylation sites is 1. The molecule has 0 fully saturated rings. The molecule has 5 nitrogen and oxygen atoms in total. The molecule has 1 aromatic heterocycles. The van der Waals surface area contributed by atoms with E-state index >= 15 is 0 Å². The smallest absolute Gasteiger partial charge is 0.372 e. The van der Waals surface area contributed by atoms with Gasteiger partial charge in [-0.05, 0) is 12.1 Å². The van der Waals surface area contributed by atoms with Crippen molar-refractivity contribution in [2.75, 3.05) is 0 Å². The molecule has 0 saturated carbocycles. The summed E-state index contributed by atoms with van der Waals surface area (Å²) in [6.07, 6.45) is -1.14. The highest BCUT2D eigenvalue weighted by Crippen LogP contribution is 2.12. The minimum absolute atomic E-state index is 0.0532. The normalized spacial score (nSPS) is 10.0. The van der Waals surface area contributed by atoms with Crippen molar-refractivity contribution < 1.29 is 14.3 Å². The number of nitrogens with zero attached hydrogens (tertiary/aromatic N) is 1. The molecular formula is C11H8N2O3. The summed E-state index contributed by atoms with van der Waals surface area (Å²) in [5, 5.41) is 0.901. The fraction of sp³-hybridized carbons (Fsp3) is 0. The third kappa shape index (κ3) is 1.98. The Morgan fingerprint density at radius 2 is 1.88 bits per heavy atom. The van der Waals surface area contributed by atoms with E-state index in [1.165, 1.54) is 6.07 Å². The van der Waals surface area contributed by atoms with Crippen molar-refractivity contribution in [3.8, 4) is 0 Å². The Morgan fingerprint density at radius 3 is 2.62 bits per heavy atom. The number of hydrogen-bond donors (Lipinski definition) is 1. The molecule has 5 heteroatoms. The van der Waals surface area contributed by atoms with Crippen molar-refractivity contribution in [1.82, 2.24) is 4.98 Å². The summed E-state index contributed by atoms with van der Waals surface area (Å²) >= 11 is 0. The summed E-state index contributed by atoms with van der Waals surface area (Å²) in [5.41, 5.74) is 5.44. The zero-order valence-corrected chi connectivity index (χ0v) is 8.21. The number of carbonyl (C=O) groups excluding carboxylic acids is 2. The molecule has 1 heterocycles. The number of carbonyl (C=O) groups is 2. The minimum Gasteiger partial charge on any atom is -0.372 e. The second kappa shape index (κ2) is 3.98. The lowest BCUT2D eigenvalue weighted by atomic mass is 10.2. The van der Waals surface area contributed by atoms with Gasteiger partial charge in [0.15, 0.2) is 0 Å². The van der Waals surface area contributed by atoms with Crippen LogP contribution in [0.2, 0.25) is 0 Å². The molecule has 0 aliphatic carbocycles. The number of fused-ring (bicyclic) bond motifs is 1. The number of ether oxygens (including phenoxy) is 1. The van der Waals surface area contributed by atoms with Gasteiger partial charge >= 0.3 is 12.1 Å². The number of nitrogens with two attached hydrogens (primary N) is 1. The zero-order valence-electron chi connectivity index (χ0n) is 8.21. The molecule has 16 heavy (non-hydrogen) atoms. The zero-order chi connectivity index (χ0) is 11.5. The van der Waals surface area contributed by atoms with E-state index in [2.05, 4.69) is 9.72 Å². The van der Waals surface area contributed by atoms with E-state index in [1.807, 2.05) is 12.1 Å². The second-order valence-electron chi connectivity index (χ2n) is 3.10. The number of rotatable bonds is 1. The predicted octanol–water partition coefficient (Wildman–Crippen LogP) is 1.47. The van der Waals surface area contributed by atoms with E-state index in [0.717, 1.165) is 5.39 Å². The van der Waals surface area contributed by atoms with Gasteiger partial charge in [-0.3, -0.25) is 0 Å². The fourth-order valence-electron chi connectivity index (χ4n) is 1.32. The number of esters is 1. The van der Waals surface area contributed by atoms with Gasteiger partial charge in [0.1, 0.15) is 5.69 Å². The van der Waals surface area contributed by atoms with Gasteiger partial charge in [-0.1, -0.05) is 24.3 Å². The molecule has 1 amide bonds. The Kier molecular flexibility index (Phi) is 2.51. The maximum absolute atomic E-state index is 11.3. The van der Waals surface area contributed by atoms with Gasteiger partial charge in [-0.15, -0.1) is 0 Å². The second-order valence-corrected chi connectivity index (χ2v) is 3.10. The Balaban J connectivity index is 2.39. The van der Waals surface area contributed by atoms with Crippen LogP contribution in [-0.4, -0.2) is 17.0 Å². The van der Waals surface area contributed by atoms with E-state index in [1.54, 1.807) is 18.2 Å². The molecule has 0 atom stereocenters. The molecule has 0 radical (unpaired) electrons. The number of amides is 1. The molecule has 80 valence electrons. The number of benzene rings is 1. The van der Waals surface area contributed by atoms with Crippen LogP contribution in [0.1, 0.15) is 10.5 Å². The van der Waals surface area contributed by atoms with Crippen LogP contribution in [0.25, 0.3) is 10.9 Å². The van der Waals surface area contributed by atoms with Gasteiger partial charge in [0, 0.05) is 5.39 Å². The fourth-order valence-corrected chi connectivity index (χ4v) is 1.32. The van der Waals surface area contributed by atoms with Crippen LogP contribution >= 0.6 is 0 Å². The molecule has 0 unspecified atom stereocenters. The van der Waals surface area contributed by atoms with Crippen LogP contribution in [0.3, 0.4) is 0 Å². The van der Waals surface area contributed by atoms with Gasteiger partial charge < -0.3 is 10.5 Å². The predicted molar refractivity (Wildman–Crippen MR) is 56.7 cm³/mol. The van der Waals surface area contributed by atoms with Gasteiger partial charge in [-0.2, -0.15) is 0 Å². The molecule has 0 saturated heterocycles. The van der Waals surface area contributed by atoms with E-state index in [4.69, 9.17) is 5.73 Å². The molecule has 2 N–H and O–H groups in total. The Labute approximate surface area is 90.8 Å². The van der Waals surface area contributed by atoms with Crippen molar-refractivity contribution in [2.24, 2.45) is 5.73 Å². The maximum Gasteiger partial charge on any atom is 0.412 e. The first-order chi connectivity index (χ1) is 7.66. The third-order valence-electron chi connectivity index (χ3n) is 2.00. The number of pyridine rings is 1. The third-order valence-corrected chi connectivity index (χ3v) is 2.00. The maximum atomic E-state index is 11.3. The van der Waals surface area contributed by atoms with Gasteiger partial charge in [0.05, 0.1) is 5.52 Å². The SMILES string of the molecule is NC(=O)OC(=O)c1ccc2ccccc2n1. The molecule has 0 spiro atoms. The minimum atomic E-state index is -1.14. The standard InChI is InChI=1S/C11H8N2O3/c12-11(15)16-10(14)9-6-5-7-3-1-2-4-8(7)13-9/h1-6H,(H2,12,15). The van der Waals surface area contributed by atoms with E-state index in [9.17, 15) is 9.59 Å². The highest BCUT2D eigenvalue weighted by atomic mass is 16.6. The molecular weight excluding hydrogens is 208 g/mol. The highest BCUT2D eigenvalue weighted by Gasteiger charge is 2.11. The average Bonchev–Trinajstić information content (AvgIpc) is 2.27. The van der Waals surface area contributed by atoms with Crippen LogP contribution in [0, 0.1) is 0 Å². The number of primary amides is 1. The van der Waals surface area contributed by atoms with Crippen LogP contribution < -0.4 is 5.73 Å². The summed E-state index contributed by atoms with van der Waals surface area (Å²) in [4.78, 5) is 25.8. The molecule has 0 bridgehead atoms. The van der Waals surface area contributed by atoms with Gasteiger partial charge in [-0.25, -0.2) is 14.6 Å². The monoisotopic (exact) mass is 216 g/mol. The molecule has 2 rings (SSSR count). The van der Waals surface area contributed by atoms with Crippen molar-refractivity contribution in [3.63, 3.8) is 0 Å². The van der Waals surface area contributed by atoms with Crippen LogP contribution in [0.5, 0.6) is 0 Å². The number of hydrogen-bond acceptors (Lipinski definition) is 4. The van der Waals surface area contributed by atoms with Crippen LogP contribution in [-0.2, 0) is 4.74 Å². The number of aromatic nitrogens is 1. The van der Waals surface area contributed by atoms with E-state index < -0.39 is 12.1 Å². The van der Waals surface area contributed by atoms with E-state index in [-0.39, 0.29) is 5.69 Å². The summed E-state index contributed by atoms with van der Waals surface area (Å²) in [7, 11) is 0. The Morgan fingerprint density at radius 1 is 1.12 bits per heavy atom. The lowest BCUT2D eigenvalue weighted by molar-refractivity contribution is 0.0632. The molecule has 2 aromatic rings.